The first kappa shape index (κ1) is 17.7. The van der Waals surface area contributed by atoms with Gasteiger partial charge in [0.1, 0.15) is 17.7 Å². The fraction of sp³-hybridized carbons (Fsp3) is 0.400. The number of aromatic nitrogens is 1. The lowest BCUT2D eigenvalue weighted by molar-refractivity contribution is -0.0135. The van der Waals surface area contributed by atoms with Crippen molar-refractivity contribution in [1.29, 1.82) is 0 Å². The maximum atomic E-state index is 13.1. The highest BCUT2D eigenvalue weighted by molar-refractivity contribution is 5.89. The van der Waals surface area contributed by atoms with Crippen molar-refractivity contribution >= 4 is 17.5 Å². The molecular weight excluding hydrogens is 347 g/mol. The maximum Gasteiger partial charge on any atom is 0.322 e. The number of urea groups is 1. The van der Waals surface area contributed by atoms with Crippen molar-refractivity contribution in [3.63, 3.8) is 0 Å². The molecule has 1 N–H and O–H groups in total. The topological polar surface area (TPSA) is 57.7 Å². The Hall–Kier alpha value is -2.67. The molecule has 0 saturated carbocycles. The number of benzene rings is 1. The van der Waals surface area contributed by atoms with Crippen molar-refractivity contribution in [2.45, 2.75) is 18.9 Å². The molecule has 0 spiro atoms. The van der Waals surface area contributed by atoms with Crippen molar-refractivity contribution in [2.75, 3.05) is 43.0 Å². The molecule has 0 aliphatic carbocycles. The average Bonchev–Trinajstić information content (AvgIpc) is 3.24. The number of pyridine rings is 1. The van der Waals surface area contributed by atoms with Crippen LogP contribution in [0.5, 0.6) is 0 Å². The summed E-state index contributed by atoms with van der Waals surface area (Å²) in [5.41, 5.74) is 1.54. The van der Waals surface area contributed by atoms with Crippen LogP contribution in [0.25, 0.3) is 0 Å². The van der Waals surface area contributed by atoms with Gasteiger partial charge in [-0.15, -0.1) is 0 Å². The molecule has 4 rings (SSSR count). The molecule has 7 heteroatoms. The predicted octanol–water partition coefficient (Wildman–Crippen LogP) is 3.43. The first-order chi connectivity index (χ1) is 13.2. The third-order valence-electron chi connectivity index (χ3n) is 5.02. The first-order valence-electron chi connectivity index (χ1n) is 9.33. The van der Waals surface area contributed by atoms with Gasteiger partial charge in [-0.05, 0) is 42.7 Å². The largest absolute Gasteiger partial charge is 0.370 e. The van der Waals surface area contributed by atoms with Crippen LogP contribution in [0.15, 0.2) is 42.6 Å². The number of nitrogens with one attached hydrogen (secondary N) is 1. The molecule has 3 heterocycles. The van der Waals surface area contributed by atoms with E-state index in [9.17, 15) is 9.18 Å². The number of nitrogens with zero attached hydrogens (tertiary/aromatic N) is 3. The Labute approximate surface area is 157 Å². The summed E-state index contributed by atoms with van der Waals surface area (Å²) >= 11 is 0. The zero-order valence-corrected chi connectivity index (χ0v) is 15.1. The highest BCUT2D eigenvalue weighted by Crippen LogP contribution is 2.23. The molecule has 1 aromatic heterocycles. The van der Waals surface area contributed by atoms with Crippen LogP contribution < -0.4 is 10.2 Å². The number of hydrogen-bond donors (Lipinski definition) is 1. The number of anilines is 2. The molecule has 2 saturated heterocycles. The van der Waals surface area contributed by atoms with Gasteiger partial charge in [0.15, 0.2) is 0 Å². The Morgan fingerprint density at radius 3 is 2.59 bits per heavy atom. The fourth-order valence-electron chi connectivity index (χ4n) is 3.51. The highest BCUT2D eigenvalue weighted by atomic mass is 19.1. The van der Waals surface area contributed by atoms with Crippen molar-refractivity contribution in [1.82, 2.24) is 9.88 Å². The molecule has 142 valence electrons. The average molecular weight is 370 g/mol. The van der Waals surface area contributed by atoms with E-state index in [1.165, 1.54) is 25.0 Å². The Bertz CT molecular complexity index is 776. The third-order valence-corrected chi connectivity index (χ3v) is 5.02. The van der Waals surface area contributed by atoms with Gasteiger partial charge in [0.25, 0.3) is 0 Å². The standard InChI is InChI=1S/C20H23FN4O2/c21-16-5-3-15(4-6-16)18-14-25(11-12-27-18)20(26)23-17-7-8-19(22-13-17)24-9-1-2-10-24/h3-8,13,18H,1-2,9-12,14H2,(H,23,26)/t18-/m1/s1. The van der Waals surface area contributed by atoms with Crippen molar-refractivity contribution in [3.05, 3.63) is 54.0 Å². The molecule has 2 aliphatic rings. The molecular formula is C20H23FN4O2. The van der Waals surface area contributed by atoms with Gasteiger partial charge >= 0.3 is 6.03 Å². The summed E-state index contributed by atoms with van der Waals surface area (Å²) < 4.78 is 18.8. The monoisotopic (exact) mass is 370 g/mol. The summed E-state index contributed by atoms with van der Waals surface area (Å²) in [6.07, 6.45) is 3.85. The van der Waals surface area contributed by atoms with E-state index >= 15 is 0 Å². The molecule has 6 nitrogen and oxygen atoms in total. The Balaban J connectivity index is 1.36. The van der Waals surface area contributed by atoms with Crippen LogP contribution in [0, 0.1) is 5.82 Å². The first-order valence-corrected chi connectivity index (χ1v) is 9.33. The number of rotatable bonds is 3. The Kier molecular flexibility index (Phi) is 5.20. The van der Waals surface area contributed by atoms with Gasteiger partial charge in [0, 0.05) is 19.6 Å². The molecule has 2 fully saturated rings. The third kappa shape index (κ3) is 4.19. The number of morpholine rings is 1. The quantitative estimate of drug-likeness (QED) is 0.899. The van der Waals surface area contributed by atoms with E-state index < -0.39 is 0 Å². The van der Waals surface area contributed by atoms with Crippen molar-refractivity contribution < 1.29 is 13.9 Å². The van der Waals surface area contributed by atoms with Gasteiger partial charge in [-0.1, -0.05) is 12.1 Å². The maximum absolute atomic E-state index is 13.1. The summed E-state index contributed by atoms with van der Waals surface area (Å²) in [5.74, 6) is 0.669. The molecule has 0 radical (unpaired) electrons. The Morgan fingerprint density at radius 1 is 1.11 bits per heavy atom. The van der Waals surface area contributed by atoms with E-state index in [0.717, 1.165) is 24.5 Å². The van der Waals surface area contributed by atoms with Gasteiger partial charge in [0.2, 0.25) is 0 Å². The van der Waals surface area contributed by atoms with Crippen LogP contribution in [0.3, 0.4) is 0 Å². The van der Waals surface area contributed by atoms with Crippen LogP contribution in [0.2, 0.25) is 0 Å². The van der Waals surface area contributed by atoms with Crippen LogP contribution >= 0.6 is 0 Å². The lowest BCUT2D eigenvalue weighted by Gasteiger charge is -2.33. The van der Waals surface area contributed by atoms with Gasteiger partial charge in [-0.2, -0.15) is 0 Å². The zero-order valence-electron chi connectivity index (χ0n) is 15.1. The second-order valence-corrected chi connectivity index (χ2v) is 6.89. The van der Waals surface area contributed by atoms with Crippen molar-refractivity contribution in [2.24, 2.45) is 0 Å². The number of hydrogen-bond acceptors (Lipinski definition) is 4. The molecule has 2 aliphatic heterocycles. The predicted molar refractivity (Wildman–Crippen MR) is 101 cm³/mol. The lowest BCUT2D eigenvalue weighted by atomic mass is 10.1. The summed E-state index contributed by atoms with van der Waals surface area (Å²) in [7, 11) is 0. The van der Waals surface area contributed by atoms with Crippen LogP contribution in [0.1, 0.15) is 24.5 Å². The highest BCUT2D eigenvalue weighted by Gasteiger charge is 2.25. The molecule has 27 heavy (non-hydrogen) atoms. The number of carbonyl (C=O) groups is 1. The van der Waals surface area contributed by atoms with Crippen LogP contribution in [0.4, 0.5) is 20.7 Å². The second-order valence-electron chi connectivity index (χ2n) is 6.89. The van der Waals surface area contributed by atoms with Gasteiger partial charge in [-0.25, -0.2) is 14.2 Å². The van der Waals surface area contributed by atoms with E-state index in [-0.39, 0.29) is 18.0 Å². The Morgan fingerprint density at radius 2 is 1.89 bits per heavy atom. The fourth-order valence-corrected chi connectivity index (χ4v) is 3.51. The summed E-state index contributed by atoms with van der Waals surface area (Å²) in [6.45, 7) is 3.47. The van der Waals surface area contributed by atoms with E-state index in [1.807, 2.05) is 12.1 Å². The van der Waals surface area contributed by atoms with Crippen LogP contribution in [-0.2, 0) is 4.74 Å². The smallest absolute Gasteiger partial charge is 0.322 e. The van der Waals surface area contributed by atoms with Gasteiger partial charge in [0.05, 0.1) is 25.0 Å². The van der Waals surface area contributed by atoms with Gasteiger partial charge < -0.3 is 19.9 Å². The molecule has 2 amide bonds. The number of carbonyl (C=O) groups excluding carboxylic acids is 1. The van der Waals surface area contributed by atoms with E-state index in [1.54, 1.807) is 23.2 Å². The minimum absolute atomic E-state index is 0.180. The molecule has 1 atom stereocenters. The number of halogens is 1. The number of amides is 2. The lowest BCUT2D eigenvalue weighted by Crippen LogP contribution is -2.44. The zero-order chi connectivity index (χ0) is 18.6. The summed E-state index contributed by atoms with van der Waals surface area (Å²) in [4.78, 5) is 21.0. The van der Waals surface area contributed by atoms with Crippen molar-refractivity contribution in [3.8, 4) is 0 Å². The minimum Gasteiger partial charge on any atom is -0.370 e. The SMILES string of the molecule is O=C(Nc1ccc(N2CCCC2)nc1)N1CCO[C@@H](c2ccc(F)cc2)C1. The number of ether oxygens (including phenoxy) is 1. The molecule has 1 aromatic carbocycles. The minimum atomic E-state index is -0.283. The normalized spacial score (nSPS) is 20.0. The van der Waals surface area contributed by atoms with E-state index in [4.69, 9.17) is 4.74 Å². The summed E-state index contributed by atoms with van der Waals surface area (Å²) in [6, 6.07) is 9.86. The molecule has 0 unspecified atom stereocenters. The van der Waals surface area contributed by atoms with E-state index in [0.29, 0.717) is 25.4 Å². The van der Waals surface area contributed by atoms with E-state index in [2.05, 4.69) is 15.2 Å². The summed E-state index contributed by atoms with van der Waals surface area (Å²) in [5, 5.41) is 2.90. The molecule has 2 aromatic rings. The van der Waals surface area contributed by atoms with Crippen LogP contribution in [-0.4, -0.2) is 48.7 Å². The van der Waals surface area contributed by atoms with Gasteiger partial charge in [-0.3, -0.25) is 0 Å². The molecule has 0 bridgehead atoms. The second kappa shape index (κ2) is 7.92.